The molecule has 0 bridgehead atoms. The SMILES string of the molecule is COC(F)(C(F)F)C(F)(C(F)(F)F)C(F)(F)C(F)(F)F. The third-order valence-electron chi connectivity index (χ3n) is 2.23. The van der Waals surface area contributed by atoms with Crippen molar-refractivity contribution in [3.8, 4) is 0 Å². The minimum absolute atomic E-state index is 0.418. The van der Waals surface area contributed by atoms with Gasteiger partial charge in [-0.15, -0.1) is 0 Å². The average Bonchev–Trinajstić information content (AvgIpc) is 2.22. The molecule has 0 fully saturated rings. The summed E-state index contributed by atoms with van der Waals surface area (Å²) in [4.78, 5) is 0. The normalized spacial score (nSPS) is 20.7. The Morgan fingerprint density at radius 3 is 1.20 bits per heavy atom. The first-order chi connectivity index (χ1) is 8.50. The number of hydrogen-bond acceptors (Lipinski definition) is 1. The first-order valence-electron chi connectivity index (χ1n) is 4.23. The van der Waals surface area contributed by atoms with E-state index >= 15 is 0 Å². The maximum absolute atomic E-state index is 13.3. The first kappa shape index (κ1) is 19.1. The fourth-order valence-corrected chi connectivity index (χ4v) is 1.16. The molecule has 20 heavy (non-hydrogen) atoms. The molecule has 0 aliphatic carbocycles. The summed E-state index contributed by atoms with van der Waals surface area (Å²) in [6.45, 7) is 0. The van der Waals surface area contributed by atoms with Crippen molar-refractivity contribution in [3.05, 3.63) is 0 Å². The van der Waals surface area contributed by atoms with Gasteiger partial charge in [-0.05, 0) is 0 Å². The fourth-order valence-electron chi connectivity index (χ4n) is 1.16. The standard InChI is InChI=1S/C7H4F12O/c1-20-3(10,2(8)9)4(11,6(14,15)16)5(12,13)7(17,18)19/h2H,1H3. The predicted molar refractivity (Wildman–Crippen MR) is 37.7 cm³/mol. The number of hydrogen-bond donors (Lipinski definition) is 0. The van der Waals surface area contributed by atoms with Crippen LogP contribution in [0.3, 0.4) is 0 Å². The number of halogens is 12. The quantitative estimate of drug-likeness (QED) is 0.707. The maximum atomic E-state index is 13.3. The van der Waals surface area contributed by atoms with Crippen LogP contribution in [0.25, 0.3) is 0 Å². The molecule has 0 rings (SSSR count). The molecule has 0 aliphatic rings. The molecule has 0 radical (unpaired) electrons. The maximum Gasteiger partial charge on any atom is 0.457 e. The summed E-state index contributed by atoms with van der Waals surface area (Å²) in [5.41, 5.74) is -7.35. The van der Waals surface area contributed by atoms with E-state index < -0.39 is 43.3 Å². The Hall–Kier alpha value is -0.880. The van der Waals surface area contributed by atoms with Crippen LogP contribution in [-0.4, -0.2) is 43.3 Å². The summed E-state index contributed by atoms with van der Waals surface area (Å²) in [6, 6.07) is 0. The second kappa shape index (κ2) is 4.84. The van der Waals surface area contributed by atoms with Gasteiger partial charge >= 0.3 is 29.8 Å². The summed E-state index contributed by atoms with van der Waals surface area (Å²) in [7, 11) is -0.418. The van der Waals surface area contributed by atoms with Gasteiger partial charge in [-0.2, -0.15) is 35.1 Å². The molecule has 2 atom stereocenters. The van der Waals surface area contributed by atoms with E-state index in [-0.39, 0.29) is 0 Å². The molecule has 0 aromatic rings. The molecule has 0 saturated heterocycles. The largest absolute Gasteiger partial charge is 0.457 e. The topological polar surface area (TPSA) is 9.23 Å². The van der Waals surface area contributed by atoms with Gasteiger partial charge in [0.15, 0.2) is 0 Å². The van der Waals surface area contributed by atoms with Crippen LogP contribution in [0.4, 0.5) is 52.7 Å². The van der Waals surface area contributed by atoms with Crippen molar-refractivity contribution in [2.75, 3.05) is 7.11 Å². The zero-order valence-electron chi connectivity index (χ0n) is 9.02. The monoisotopic (exact) mass is 332 g/mol. The Labute approximate surface area is 102 Å². The molecule has 0 aliphatic heterocycles. The molecule has 0 saturated carbocycles. The minimum atomic E-state index is -7.53. The van der Waals surface area contributed by atoms with Crippen molar-refractivity contribution in [2.24, 2.45) is 0 Å². The van der Waals surface area contributed by atoms with Crippen molar-refractivity contribution in [3.63, 3.8) is 0 Å². The Bertz CT molecular complexity index is 338. The van der Waals surface area contributed by atoms with Crippen molar-refractivity contribution in [2.45, 2.75) is 36.2 Å². The van der Waals surface area contributed by atoms with Crippen LogP contribution in [-0.2, 0) is 4.74 Å². The van der Waals surface area contributed by atoms with E-state index in [4.69, 9.17) is 0 Å². The van der Waals surface area contributed by atoms with E-state index in [1.54, 1.807) is 0 Å². The summed E-state index contributed by atoms with van der Waals surface area (Å²) in [5.74, 6) is -13.8. The van der Waals surface area contributed by atoms with E-state index in [2.05, 4.69) is 4.74 Å². The second-order valence-corrected chi connectivity index (χ2v) is 3.38. The Morgan fingerprint density at radius 1 is 0.700 bits per heavy atom. The summed E-state index contributed by atoms with van der Waals surface area (Å²) < 4.78 is 151. The Kier molecular flexibility index (Phi) is 4.63. The highest BCUT2D eigenvalue weighted by Crippen LogP contribution is 2.59. The molecule has 0 N–H and O–H groups in total. The average molecular weight is 332 g/mol. The first-order valence-corrected chi connectivity index (χ1v) is 4.23. The van der Waals surface area contributed by atoms with E-state index in [0.29, 0.717) is 0 Å². The molecule has 0 amide bonds. The zero-order chi connectivity index (χ0) is 16.8. The van der Waals surface area contributed by atoms with Crippen LogP contribution in [0.5, 0.6) is 0 Å². The highest BCUT2D eigenvalue weighted by atomic mass is 19.4. The van der Waals surface area contributed by atoms with Gasteiger partial charge in [-0.25, -0.2) is 17.6 Å². The van der Waals surface area contributed by atoms with Crippen molar-refractivity contribution < 1.29 is 57.4 Å². The van der Waals surface area contributed by atoms with Crippen molar-refractivity contribution >= 4 is 0 Å². The molecular formula is C7H4F12O. The zero-order valence-corrected chi connectivity index (χ0v) is 9.02. The minimum Gasteiger partial charge on any atom is -0.342 e. The smallest absolute Gasteiger partial charge is 0.342 e. The summed E-state index contributed by atoms with van der Waals surface area (Å²) >= 11 is 0. The summed E-state index contributed by atoms with van der Waals surface area (Å²) in [5, 5.41) is 0. The molecule has 2 unspecified atom stereocenters. The molecule has 1 nitrogen and oxygen atoms in total. The van der Waals surface area contributed by atoms with Crippen LogP contribution >= 0.6 is 0 Å². The van der Waals surface area contributed by atoms with Gasteiger partial charge in [-0.3, -0.25) is 0 Å². The summed E-state index contributed by atoms with van der Waals surface area (Å²) in [6.07, 6.45) is -19.9. The molecule has 0 aromatic carbocycles. The fraction of sp³-hybridized carbons (Fsp3) is 1.00. The Balaban J connectivity index is 6.46. The van der Waals surface area contributed by atoms with Gasteiger partial charge in [0.25, 0.3) is 6.43 Å². The molecule has 0 spiro atoms. The van der Waals surface area contributed by atoms with E-state index in [1.165, 1.54) is 0 Å². The number of rotatable bonds is 4. The number of alkyl halides is 12. The predicted octanol–water partition coefficient (Wildman–Crippen LogP) is 4.03. The third kappa shape index (κ3) is 2.29. The Morgan fingerprint density at radius 2 is 1.05 bits per heavy atom. The van der Waals surface area contributed by atoms with E-state index in [1.807, 2.05) is 0 Å². The molecule has 0 heterocycles. The second-order valence-electron chi connectivity index (χ2n) is 3.38. The lowest BCUT2D eigenvalue weighted by Crippen LogP contribution is -2.74. The van der Waals surface area contributed by atoms with Gasteiger partial charge < -0.3 is 4.74 Å². The highest BCUT2D eigenvalue weighted by Gasteiger charge is 2.91. The van der Waals surface area contributed by atoms with Crippen LogP contribution in [0.1, 0.15) is 0 Å². The van der Waals surface area contributed by atoms with Crippen LogP contribution in [0.2, 0.25) is 0 Å². The number of ether oxygens (including phenoxy) is 1. The van der Waals surface area contributed by atoms with E-state index in [0.717, 1.165) is 0 Å². The van der Waals surface area contributed by atoms with Gasteiger partial charge in [-0.1, -0.05) is 0 Å². The lowest BCUT2D eigenvalue weighted by molar-refractivity contribution is -0.449. The van der Waals surface area contributed by atoms with Gasteiger partial charge in [0.2, 0.25) is 0 Å². The molecule has 122 valence electrons. The van der Waals surface area contributed by atoms with Gasteiger partial charge in [0.05, 0.1) is 0 Å². The van der Waals surface area contributed by atoms with Crippen molar-refractivity contribution in [1.82, 2.24) is 0 Å². The highest BCUT2D eigenvalue weighted by molar-refractivity contribution is 5.13. The number of methoxy groups -OCH3 is 1. The molecular weight excluding hydrogens is 328 g/mol. The molecule has 13 heteroatoms. The lowest BCUT2D eigenvalue weighted by atomic mass is 9.87. The van der Waals surface area contributed by atoms with Crippen LogP contribution in [0.15, 0.2) is 0 Å². The van der Waals surface area contributed by atoms with Crippen LogP contribution in [0, 0.1) is 0 Å². The van der Waals surface area contributed by atoms with E-state index in [9.17, 15) is 52.7 Å². The van der Waals surface area contributed by atoms with Crippen molar-refractivity contribution in [1.29, 1.82) is 0 Å². The van der Waals surface area contributed by atoms with Crippen LogP contribution < -0.4 is 0 Å². The van der Waals surface area contributed by atoms with Gasteiger partial charge in [0, 0.05) is 7.11 Å². The van der Waals surface area contributed by atoms with Gasteiger partial charge in [0.1, 0.15) is 0 Å². The third-order valence-corrected chi connectivity index (χ3v) is 2.23. The molecule has 0 aromatic heterocycles. The lowest BCUT2D eigenvalue weighted by Gasteiger charge is -2.42.